The summed E-state index contributed by atoms with van der Waals surface area (Å²) in [6.45, 7) is 3.84. The van der Waals surface area contributed by atoms with Crippen LogP contribution in [-0.2, 0) is 17.6 Å². The monoisotopic (exact) mass is 432 g/mol. The maximum atomic E-state index is 12.8. The lowest BCUT2D eigenvalue weighted by molar-refractivity contribution is -0.132. The number of carbonyl (C=O) groups excluding carboxylic acids is 1. The van der Waals surface area contributed by atoms with Gasteiger partial charge in [-0.2, -0.15) is 0 Å². The summed E-state index contributed by atoms with van der Waals surface area (Å²) in [7, 11) is 0. The molecule has 1 aliphatic rings. The minimum Gasteiger partial charge on any atom is -0.343 e. The van der Waals surface area contributed by atoms with Gasteiger partial charge in [0.1, 0.15) is 5.82 Å². The number of imidazole rings is 1. The van der Waals surface area contributed by atoms with Gasteiger partial charge >= 0.3 is 0 Å². The van der Waals surface area contributed by atoms with Crippen molar-refractivity contribution in [2.24, 2.45) is 0 Å². The molecule has 0 N–H and O–H groups in total. The molecule has 2 aromatic carbocycles. The summed E-state index contributed by atoms with van der Waals surface area (Å²) in [5.41, 5.74) is 3.36. The molecule has 1 saturated heterocycles. The Bertz CT molecular complexity index is 1170. The summed E-state index contributed by atoms with van der Waals surface area (Å²) < 4.78 is 3.65. The molecule has 0 saturated carbocycles. The van der Waals surface area contributed by atoms with Gasteiger partial charge in [-0.15, -0.1) is 11.3 Å². The van der Waals surface area contributed by atoms with Crippen LogP contribution < -0.4 is 0 Å². The number of para-hydroxylation sites is 3. The Balaban J connectivity index is 1.16. The fourth-order valence-electron chi connectivity index (χ4n) is 4.70. The smallest absolute Gasteiger partial charge is 0.222 e. The van der Waals surface area contributed by atoms with Gasteiger partial charge in [-0.3, -0.25) is 4.79 Å². The van der Waals surface area contributed by atoms with E-state index in [2.05, 4.69) is 57.8 Å². The van der Waals surface area contributed by atoms with Gasteiger partial charge in [0.25, 0.3) is 0 Å². The second kappa shape index (κ2) is 8.79. The van der Waals surface area contributed by atoms with Gasteiger partial charge in [0, 0.05) is 32.0 Å². The van der Waals surface area contributed by atoms with Crippen molar-refractivity contribution in [2.45, 2.75) is 51.5 Å². The molecule has 31 heavy (non-hydrogen) atoms. The van der Waals surface area contributed by atoms with E-state index in [1.165, 1.54) is 10.2 Å². The Morgan fingerprint density at radius 3 is 2.55 bits per heavy atom. The average Bonchev–Trinajstić information content (AvgIpc) is 3.39. The number of likely N-dealkylation sites (tertiary alicyclic amines) is 1. The Labute approximate surface area is 186 Å². The quantitative estimate of drug-likeness (QED) is 0.410. The second-order valence-corrected chi connectivity index (χ2v) is 9.40. The number of piperidine rings is 1. The summed E-state index contributed by atoms with van der Waals surface area (Å²) in [5, 5.41) is 1.13. The van der Waals surface area contributed by atoms with Gasteiger partial charge in [-0.05, 0) is 49.9 Å². The van der Waals surface area contributed by atoms with E-state index in [1.54, 1.807) is 11.3 Å². The topological polar surface area (TPSA) is 51.0 Å². The van der Waals surface area contributed by atoms with Crippen molar-refractivity contribution < 1.29 is 4.79 Å². The van der Waals surface area contributed by atoms with E-state index in [1.807, 2.05) is 12.1 Å². The van der Waals surface area contributed by atoms with Gasteiger partial charge in [-0.1, -0.05) is 31.2 Å². The highest BCUT2D eigenvalue weighted by atomic mass is 32.1. The summed E-state index contributed by atoms with van der Waals surface area (Å²) >= 11 is 1.74. The van der Waals surface area contributed by atoms with E-state index >= 15 is 0 Å². The van der Waals surface area contributed by atoms with E-state index in [4.69, 9.17) is 4.98 Å². The van der Waals surface area contributed by atoms with E-state index in [0.29, 0.717) is 12.5 Å². The summed E-state index contributed by atoms with van der Waals surface area (Å²) in [5.74, 6) is 1.44. The number of fused-ring (bicyclic) bond motifs is 2. The van der Waals surface area contributed by atoms with Crippen molar-refractivity contribution in [1.29, 1.82) is 0 Å². The molecule has 1 amide bonds. The van der Waals surface area contributed by atoms with Crippen LogP contribution in [0.25, 0.3) is 21.3 Å². The molecule has 1 fully saturated rings. The van der Waals surface area contributed by atoms with Gasteiger partial charge in [-0.25, -0.2) is 9.97 Å². The molecule has 0 atom stereocenters. The summed E-state index contributed by atoms with van der Waals surface area (Å²) in [4.78, 5) is 24.3. The van der Waals surface area contributed by atoms with Crippen LogP contribution in [0.15, 0.2) is 48.5 Å². The number of aryl methyl sites for hydroxylation is 2. The standard InChI is InChI=1S/C25H28N4OS/c1-2-23-26-19-8-3-5-10-21(19)29(23)18-14-16-28(17-15-18)25(30)13-7-12-24-27-20-9-4-6-11-22(20)31-24/h3-6,8-11,18H,2,7,12-17H2,1H3. The number of rotatable bonds is 6. The van der Waals surface area contributed by atoms with Crippen molar-refractivity contribution >= 4 is 38.5 Å². The molecule has 6 heteroatoms. The van der Waals surface area contributed by atoms with Crippen molar-refractivity contribution in [3.63, 3.8) is 0 Å². The molecular weight excluding hydrogens is 404 g/mol. The van der Waals surface area contributed by atoms with Crippen molar-refractivity contribution in [3.05, 3.63) is 59.4 Å². The lowest BCUT2D eigenvalue weighted by Gasteiger charge is -2.33. The Hall–Kier alpha value is -2.73. The normalized spacial score (nSPS) is 15.2. The number of aromatic nitrogens is 3. The zero-order valence-electron chi connectivity index (χ0n) is 18.0. The third-order valence-electron chi connectivity index (χ3n) is 6.29. The van der Waals surface area contributed by atoms with E-state index < -0.39 is 0 Å². The molecule has 5 rings (SSSR count). The van der Waals surface area contributed by atoms with Gasteiger partial charge in [0.2, 0.25) is 5.91 Å². The zero-order valence-corrected chi connectivity index (χ0v) is 18.8. The molecule has 3 heterocycles. The molecule has 1 aliphatic heterocycles. The summed E-state index contributed by atoms with van der Waals surface area (Å²) in [6, 6.07) is 17.1. The van der Waals surface area contributed by atoms with Crippen molar-refractivity contribution in [1.82, 2.24) is 19.4 Å². The Morgan fingerprint density at radius 2 is 1.77 bits per heavy atom. The van der Waals surface area contributed by atoms with Gasteiger partial charge < -0.3 is 9.47 Å². The van der Waals surface area contributed by atoms with Gasteiger partial charge in [0.05, 0.1) is 26.3 Å². The molecule has 5 nitrogen and oxygen atoms in total. The maximum absolute atomic E-state index is 12.8. The van der Waals surface area contributed by atoms with Crippen LogP contribution in [0.1, 0.15) is 49.5 Å². The van der Waals surface area contributed by atoms with Crippen LogP contribution in [0.3, 0.4) is 0 Å². The highest BCUT2D eigenvalue weighted by Gasteiger charge is 2.26. The largest absolute Gasteiger partial charge is 0.343 e. The molecule has 160 valence electrons. The predicted molar refractivity (Wildman–Crippen MR) is 127 cm³/mol. The van der Waals surface area contributed by atoms with E-state index in [9.17, 15) is 4.79 Å². The van der Waals surface area contributed by atoms with E-state index in [0.717, 1.165) is 67.1 Å². The fourth-order valence-corrected chi connectivity index (χ4v) is 5.71. The molecular formula is C25H28N4OS. The van der Waals surface area contributed by atoms with Crippen LogP contribution in [-0.4, -0.2) is 38.4 Å². The second-order valence-electron chi connectivity index (χ2n) is 8.28. The van der Waals surface area contributed by atoms with Crippen molar-refractivity contribution in [2.75, 3.05) is 13.1 Å². The number of hydrogen-bond acceptors (Lipinski definition) is 4. The highest BCUT2D eigenvalue weighted by molar-refractivity contribution is 7.18. The molecule has 4 aromatic rings. The minimum absolute atomic E-state index is 0.283. The van der Waals surface area contributed by atoms with Crippen LogP contribution in [0.4, 0.5) is 0 Å². The number of amides is 1. The maximum Gasteiger partial charge on any atom is 0.222 e. The van der Waals surface area contributed by atoms with Crippen LogP contribution >= 0.6 is 11.3 Å². The van der Waals surface area contributed by atoms with Crippen LogP contribution in [0.5, 0.6) is 0 Å². The van der Waals surface area contributed by atoms with E-state index in [-0.39, 0.29) is 5.91 Å². The minimum atomic E-state index is 0.283. The number of hydrogen-bond donors (Lipinski definition) is 0. The molecule has 2 aromatic heterocycles. The third kappa shape index (κ3) is 4.09. The number of thiazole rings is 1. The lowest BCUT2D eigenvalue weighted by Crippen LogP contribution is -2.39. The number of carbonyl (C=O) groups is 1. The Morgan fingerprint density at radius 1 is 1.03 bits per heavy atom. The zero-order chi connectivity index (χ0) is 21.2. The molecule has 0 bridgehead atoms. The Kier molecular flexibility index (Phi) is 5.72. The van der Waals surface area contributed by atoms with Crippen LogP contribution in [0, 0.1) is 0 Å². The number of nitrogens with zero attached hydrogens (tertiary/aromatic N) is 4. The molecule has 0 unspecified atom stereocenters. The molecule has 0 aliphatic carbocycles. The first-order chi connectivity index (χ1) is 15.2. The van der Waals surface area contributed by atoms with Gasteiger partial charge in [0.15, 0.2) is 0 Å². The lowest BCUT2D eigenvalue weighted by atomic mass is 10.0. The summed E-state index contributed by atoms with van der Waals surface area (Å²) in [6.07, 6.45) is 5.27. The molecule has 0 radical (unpaired) electrons. The molecule has 0 spiro atoms. The third-order valence-corrected chi connectivity index (χ3v) is 7.38. The first kappa shape index (κ1) is 20.2. The SMILES string of the molecule is CCc1nc2ccccc2n1C1CCN(C(=O)CCCc2nc3ccccc3s2)CC1. The first-order valence-corrected chi connectivity index (χ1v) is 12.1. The van der Waals surface area contributed by atoms with Crippen molar-refractivity contribution in [3.8, 4) is 0 Å². The number of benzene rings is 2. The predicted octanol–water partition coefficient (Wildman–Crippen LogP) is 5.39. The van der Waals surface area contributed by atoms with Crippen LogP contribution in [0.2, 0.25) is 0 Å². The fraction of sp³-hybridized carbons (Fsp3) is 0.400. The first-order valence-electron chi connectivity index (χ1n) is 11.3. The average molecular weight is 433 g/mol. The highest BCUT2D eigenvalue weighted by Crippen LogP contribution is 2.29.